The lowest BCUT2D eigenvalue weighted by Crippen LogP contribution is -2.21. The van der Waals surface area contributed by atoms with Crippen molar-refractivity contribution < 1.29 is 9.21 Å². The molecule has 1 heterocycles. The smallest absolute Gasteiger partial charge is 0.219 e. The molecule has 1 aromatic heterocycles. The van der Waals surface area contributed by atoms with Crippen LogP contribution in [0, 0.1) is 6.92 Å². The zero-order valence-corrected chi connectivity index (χ0v) is 9.41. The summed E-state index contributed by atoms with van der Waals surface area (Å²) >= 11 is 0. The Morgan fingerprint density at radius 3 is 3.06 bits per heavy atom. The lowest BCUT2D eigenvalue weighted by atomic mass is 10.2. The van der Waals surface area contributed by atoms with Crippen molar-refractivity contribution in [3.8, 4) is 0 Å². The van der Waals surface area contributed by atoms with Gasteiger partial charge in [-0.2, -0.15) is 0 Å². The van der Waals surface area contributed by atoms with Crippen molar-refractivity contribution in [1.29, 1.82) is 0 Å². The summed E-state index contributed by atoms with van der Waals surface area (Å²) in [7, 11) is 0. The Morgan fingerprint density at radius 2 is 2.31 bits per heavy atom. The van der Waals surface area contributed by atoms with E-state index in [9.17, 15) is 4.79 Å². The van der Waals surface area contributed by atoms with Crippen LogP contribution in [-0.2, 0) is 11.3 Å². The van der Waals surface area contributed by atoms with E-state index in [4.69, 9.17) is 4.42 Å². The molecule has 0 bridgehead atoms. The standard InChI is InChI=1S/C12H14N2O2/c1-3-12(15)13-7-9-4-5-10-11(6-9)16-8(2)14-10/h4-6H,3,7H2,1-2H3,(H,13,15). The zero-order chi connectivity index (χ0) is 11.5. The number of aromatic nitrogens is 1. The summed E-state index contributed by atoms with van der Waals surface area (Å²) in [5, 5.41) is 2.82. The Labute approximate surface area is 93.7 Å². The molecule has 2 aromatic rings. The number of hydrogen-bond acceptors (Lipinski definition) is 3. The number of carbonyl (C=O) groups is 1. The molecule has 0 fully saturated rings. The Kier molecular flexibility index (Phi) is 2.90. The molecule has 1 N–H and O–H groups in total. The second-order valence-electron chi connectivity index (χ2n) is 3.67. The molecule has 0 unspecified atom stereocenters. The average molecular weight is 218 g/mol. The molecule has 16 heavy (non-hydrogen) atoms. The largest absolute Gasteiger partial charge is 0.441 e. The average Bonchev–Trinajstić information content (AvgIpc) is 2.65. The third-order valence-electron chi connectivity index (χ3n) is 2.37. The van der Waals surface area contributed by atoms with E-state index in [1.54, 1.807) is 0 Å². The monoisotopic (exact) mass is 218 g/mol. The molecule has 0 saturated carbocycles. The van der Waals surface area contributed by atoms with Gasteiger partial charge in [-0.3, -0.25) is 4.79 Å². The molecule has 0 aliphatic carbocycles. The summed E-state index contributed by atoms with van der Waals surface area (Å²) in [4.78, 5) is 15.3. The fourth-order valence-electron chi connectivity index (χ4n) is 1.52. The first kappa shape index (κ1) is 10.7. The summed E-state index contributed by atoms with van der Waals surface area (Å²) in [6, 6.07) is 5.75. The maximum absolute atomic E-state index is 11.1. The quantitative estimate of drug-likeness (QED) is 0.858. The van der Waals surface area contributed by atoms with Crippen LogP contribution in [0.4, 0.5) is 0 Å². The van der Waals surface area contributed by atoms with Crippen molar-refractivity contribution >= 4 is 17.0 Å². The van der Waals surface area contributed by atoms with Crippen LogP contribution < -0.4 is 5.32 Å². The van der Waals surface area contributed by atoms with Crippen molar-refractivity contribution in [2.75, 3.05) is 0 Å². The topological polar surface area (TPSA) is 55.1 Å². The van der Waals surface area contributed by atoms with Gasteiger partial charge >= 0.3 is 0 Å². The third-order valence-corrected chi connectivity index (χ3v) is 2.37. The summed E-state index contributed by atoms with van der Waals surface area (Å²) < 4.78 is 5.42. The van der Waals surface area contributed by atoms with E-state index in [0.29, 0.717) is 18.9 Å². The van der Waals surface area contributed by atoms with Gasteiger partial charge < -0.3 is 9.73 Å². The number of benzene rings is 1. The highest BCUT2D eigenvalue weighted by Crippen LogP contribution is 2.16. The SMILES string of the molecule is CCC(=O)NCc1ccc2nc(C)oc2c1. The minimum atomic E-state index is 0.0499. The van der Waals surface area contributed by atoms with E-state index in [-0.39, 0.29) is 5.91 Å². The summed E-state index contributed by atoms with van der Waals surface area (Å²) in [5.41, 5.74) is 2.63. The second-order valence-corrected chi connectivity index (χ2v) is 3.67. The van der Waals surface area contributed by atoms with Crippen LogP contribution in [0.5, 0.6) is 0 Å². The molecular weight excluding hydrogens is 204 g/mol. The zero-order valence-electron chi connectivity index (χ0n) is 9.41. The van der Waals surface area contributed by atoms with Crippen molar-refractivity contribution in [3.05, 3.63) is 29.7 Å². The van der Waals surface area contributed by atoms with E-state index in [2.05, 4.69) is 10.3 Å². The molecule has 0 aliphatic rings. The molecule has 0 aliphatic heterocycles. The minimum absolute atomic E-state index is 0.0499. The normalized spacial score (nSPS) is 10.6. The Balaban J connectivity index is 2.16. The van der Waals surface area contributed by atoms with Gasteiger partial charge in [-0.05, 0) is 17.7 Å². The first-order valence-corrected chi connectivity index (χ1v) is 5.32. The third kappa shape index (κ3) is 2.21. The van der Waals surface area contributed by atoms with Crippen LogP contribution in [0.15, 0.2) is 22.6 Å². The van der Waals surface area contributed by atoms with Gasteiger partial charge in [0, 0.05) is 19.9 Å². The Morgan fingerprint density at radius 1 is 1.50 bits per heavy atom. The van der Waals surface area contributed by atoms with E-state index in [1.807, 2.05) is 32.0 Å². The predicted octanol–water partition coefficient (Wildman–Crippen LogP) is 2.16. The fraction of sp³-hybridized carbons (Fsp3) is 0.333. The molecule has 2 rings (SSSR count). The van der Waals surface area contributed by atoms with Gasteiger partial charge in [-0.15, -0.1) is 0 Å². The van der Waals surface area contributed by atoms with Gasteiger partial charge in [0.2, 0.25) is 5.91 Å². The summed E-state index contributed by atoms with van der Waals surface area (Å²) in [6.07, 6.45) is 0.504. The highest BCUT2D eigenvalue weighted by molar-refractivity contribution is 5.76. The maximum Gasteiger partial charge on any atom is 0.219 e. The number of nitrogens with zero attached hydrogens (tertiary/aromatic N) is 1. The first-order chi connectivity index (χ1) is 7.69. The van der Waals surface area contributed by atoms with Crippen LogP contribution in [0.3, 0.4) is 0 Å². The van der Waals surface area contributed by atoms with Crippen LogP contribution in [0.1, 0.15) is 24.8 Å². The molecule has 0 saturated heterocycles. The van der Waals surface area contributed by atoms with E-state index in [1.165, 1.54) is 0 Å². The summed E-state index contributed by atoms with van der Waals surface area (Å²) in [6.45, 7) is 4.18. The lowest BCUT2D eigenvalue weighted by molar-refractivity contribution is -0.120. The maximum atomic E-state index is 11.1. The molecule has 1 aromatic carbocycles. The van der Waals surface area contributed by atoms with Gasteiger partial charge in [-0.25, -0.2) is 4.98 Å². The van der Waals surface area contributed by atoms with Crippen LogP contribution in [-0.4, -0.2) is 10.9 Å². The van der Waals surface area contributed by atoms with Gasteiger partial charge in [0.1, 0.15) is 5.52 Å². The van der Waals surface area contributed by atoms with Crippen LogP contribution in [0.25, 0.3) is 11.1 Å². The number of nitrogens with one attached hydrogen (secondary N) is 1. The Hall–Kier alpha value is -1.84. The number of rotatable bonds is 3. The number of hydrogen-bond donors (Lipinski definition) is 1. The van der Waals surface area contributed by atoms with Crippen molar-refractivity contribution in [3.63, 3.8) is 0 Å². The molecule has 1 amide bonds. The van der Waals surface area contributed by atoms with Crippen molar-refractivity contribution in [2.24, 2.45) is 0 Å². The molecule has 4 nitrogen and oxygen atoms in total. The number of oxazole rings is 1. The van der Waals surface area contributed by atoms with Crippen LogP contribution in [0.2, 0.25) is 0 Å². The van der Waals surface area contributed by atoms with Crippen molar-refractivity contribution in [1.82, 2.24) is 10.3 Å². The number of fused-ring (bicyclic) bond motifs is 1. The van der Waals surface area contributed by atoms with E-state index in [0.717, 1.165) is 16.7 Å². The molecule has 84 valence electrons. The minimum Gasteiger partial charge on any atom is -0.441 e. The predicted molar refractivity (Wildman–Crippen MR) is 60.9 cm³/mol. The molecule has 0 spiro atoms. The highest BCUT2D eigenvalue weighted by Gasteiger charge is 2.03. The second kappa shape index (κ2) is 4.35. The molecule has 0 radical (unpaired) electrons. The highest BCUT2D eigenvalue weighted by atomic mass is 16.3. The summed E-state index contributed by atoms with van der Waals surface area (Å²) in [5.74, 6) is 0.707. The van der Waals surface area contributed by atoms with Crippen molar-refractivity contribution in [2.45, 2.75) is 26.8 Å². The number of carbonyl (C=O) groups excluding carboxylic acids is 1. The fourth-order valence-corrected chi connectivity index (χ4v) is 1.52. The molecular formula is C12H14N2O2. The van der Waals surface area contributed by atoms with E-state index >= 15 is 0 Å². The number of amides is 1. The Bertz CT molecular complexity index is 517. The lowest BCUT2D eigenvalue weighted by Gasteiger charge is -2.02. The van der Waals surface area contributed by atoms with Gasteiger partial charge in [0.05, 0.1) is 0 Å². The van der Waals surface area contributed by atoms with Gasteiger partial charge in [0.15, 0.2) is 11.5 Å². The van der Waals surface area contributed by atoms with Gasteiger partial charge in [0.25, 0.3) is 0 Å². The van der Waals surface area contributed by atoms with E-state index < -0.39 is 0 Å². The van der Waals surface area contributed by atoms with Crippen LogP contribution >= 0.6 is 0 Å². The van der Waals surface area contributed by atoms with Gasteiger partial charge in [-0.1, -0.05) is 13.0 Å². The molecule has 0 atom stereocenters. The first-order valence-electron chi connectivity index (χ1n) is 5.32. The number of aryl methyl sites for hydroxylation is 1. The molecule has 4 heteroatoms.